The van der Waals surface area contributed by atoms with Gasteiger partial charge in [0.1, 0.15) is 11.4 Å². The van der Waals surface area contributed by atoms with E-state index in [0.717, 1.165) is 51.0 Å². The summed E-state index contributed by atoms with van der Waals surface area (Å²) in [7, 11) is 1.86. The van der Waals surface area contributed by atoms with Crippen LogP contribution in [-0.4, -0.2) is 73.4 Å². The second-order valence-corrected chi connectivity index (χ2v) is 9.96. The molecule has 3 aliphatic rings. The molecule has 0 aliphatic carbocycles. The molecule has 30 heavy (non-hydrogen) atoms. The second kappa shape index (κ2) is 10.3. The molecule has 0 bridgehead atoms. The van der Waals surface area contributed by atoms with Gasteiger partial charge in [0.2, 0.25) is 0 Å². The average Bonchev–Trinajstić information content (AvgIpc) is 3.21. The number of ether oxygens (including phenoxy) is 2. The molecule has 6 nitrogen and oxygen atoms in total. The topological polar surface area (TPSA) is 58.1 Å². The normalized spacial score (nSPS) is 28.8. The number of guanidine groups is 1. The Morgan fingerprint density at radius 1 is 1.27 bits per heavy atom. The van der Waals surface area contributed by atoms with Crippen LogP contribution in [0.2, 0.25) is 0 Å². The predicted molar refractivity (Wildman–Crippen MR) is 135 cm³/mol. The number of benzene rings is 1. The maximum absolute atomic E-state index is 6.18. The molecule has 2 atom stereocenters. The lowest BCUT2D eigenvalue weighted by Crippen LogP contribution is -2.60. The zero-order chi connectivity index (χ0) is 20.3. The highest BCUT2D eigenvalue weighted by atomic mass is 127. The number of thioether (sulfide) groups is 1. The molecule has 2 unspecified atom stereocenters. The van der Waals surface area contributed by atoms with E-state index in [0.29, 0.717) is 0 Å². The molecule has 3 aliphatic heterocycles. The summed E-state index contributed by atoms with van der Waals surface area (Å²) in [5.41, 5.74) is 1.19. The third-order valence-electron chi connectivity index (χ3n) is 6.26. The minimum absolute atomic E-state index is 0. The summed E-state index contributed by atoms with van der Waals surface area (Å²) in [5, 5.41) is 7.33. The van der Waals surface area contributed by atoms with Crippen LogP contribution in [0.4, 0.5) is 0 Å². The molecule has 0 aromatic heterocycles. The van der Waals surface area contributed by atoms with Crippen molar-refractivity contribution < 1.29 is 9.47 Å². The summed E-state index contributed by atoms with van der Waals surface area (Å²) < 4.78 is 11.8. The molecule has 0 amide bonds. The third-order valence-corrected chi connectivity index (χ3v) is 7.49. The first-order valence-electron chi connectivity index (χ1n) is 10.7. The van der Waals surface area contributed by atoms with Crippen LogP contribution in [0.3, 0.4) is 0 Å². The number of morpholine rings is 1. The Morgan fingerprint density at radius 3 is 2.73 bits per heavy atom. The van der Waals surface area contributed by atoms with Crippen LogP contribution in [0.15, 0.2) is 29.3 Å². The van der Waals surface area contributed by atoms with Gasteiger partial charge < -0.3 is 20.1 Å². The fourth-order valence-electron chi connectivity index (χ4n) is 4.67. The van der Waals surface area contributed by atoms with Gasteiger partial charge in [-0.1, -0.05) is 18.2 Å². The van der Waals surface area contributed by atoms with Crippen LogP contribution >= 0.6 is 35.7 Å². The molecule has 1 aromatic carbocycles. The number of rotatable bonds is 4. The van der Waals surface area contributed by atoms with Crippen molar-refractivity contribution in [1.29, 1.82) is 0 Å². The standard InChI is InChI=1S/C22H34N4O2S.HI/c1-21(2)14-18(17-6-4-5-7-19(17)28-21)25-20(23-3)24-15-22(8-13-29-16-22)26-9-11-27-12-10-26;/h4-7,18H,8-16H2,1-3H3,(H2,23,24,25);1H. The first-order valence-corrected chi connectivity index (χ1v) is 11.8. The van der Waals surface area contributed by atoms with Gasteiger partial charge in [-0.3, -0.25) is 9.89 Å². The van der Waals surface area contributed by atoms with Gasteiger partial charge in [-0.2, -0.15) is 11.8 Å². The number of hydrogen-bond acceptors (Lipinski definition) is 5. The van der Waals surface area contributed by atoms with Crippen molar-refractivity contribution in [2.75, 3.05) is 51.4 Å². The lowest BCUT2D eigenvalue weighted by molar-refractivity contribution is -0.0120. The molecule has 8 heteroatoms. The molecule has 4 rings (SSSR count). The Balaban J connectivity index is 0.00000256. The molecule has 168 valence electrons. The number of para-hydroxylation sites is 1. The van der Waals surface area contributed by atoms with Gasteiger partial charge in [-0.05, 0) is 32.1 Å². The van der Waals surface area contributed by atoms with E-state index in [9.17, 15) is 0 Å². The van der Waals surface area contributed by atoms with E-state index in [1.165, 1.54) is 23.5 Å². The van der Waals surface area contributed by atoms with Gasteiger partial charge in [-0.25, -0.2) is 0 Å². The first-order chi connectivity index (χ1) is 14.0. The lowest BCUT2D eigenvalue weighted by atomic mass is 9.90. The quantitative estimate of drug-likeness (QED) is 0.344. The Labute approximate surface area is 202 Å². The Morgan fingerprint density at radius 2 is 2.03 bits per heavy atom. The Kier molecular flexibility index (Phi) is 8.20. The summed E-state index contributed by atoms with van der Waals surface area (Å²) in [6, 6.07) is 8.50. The van der Waals surface area contributed by atoms with Crippen molar-refractivity contribution in [1.82, 2.24) is 15.5 Å². The molecular formula is C22H35IN4O2S. The summed E-state index contributed by atoms with van der Waals surface area (Å²) in [6.07, 6.45) is 2.12. The Hall–Kier alpha value is -0.710. The summed E-state index contributed by atoms with van der Waals surface area (Å²) >= 11 is 2.06. The fourth-order valence-corrected chi connectivity index (χ4v) is 6.15. The minimum atomic E-state index is -0.206. The van der Waals surface area contributed by atoms with Crippen LogP contribution < -0.4 is 15.4 Å². The van der Waals surface area contributed by atoms with Gasteiger partial charge in [0.05, 0.1) is 19.3 Å². The monoisotopic (exact) mass is 546 g/mol. The summed E-state index contributed by atoms with van der Waals surface area (Å²) in [4.78, 5) is 7.17. The smallest absolute Gasteiger partial charge is 0.191 e. The van der Waals surface area contributed by atoms with E-state index < -0.39 is 0 Å². The van der Waals surface area contributed by atoms with Gasteiger partial charge in [0.25, 0.3) is 0 Å². The number of halogens is 1. The number of fused-ring (bicyclic) bond motifs is 1. The van der Waals surface area contributed by atoms with Crippen LogP contribution in [0.25, 0.3) is 0 Å². The van der Waals surface area contributed by atoms with E-state index >= 15 is 0 Å². The van der Waals surface area contributed by atoms with Crippen LogP contribution in [0, 0.1) is 0 Å². The molecule has 2 saturated heterocycles. The van der Waals surface area contributed by atoms with Crippen LogP contribution in [0.1, 0.15) is 38.3 Å². The minimum Gasteiger partial charge on any atom is -0.487 e. The number of nitrogens with zero attached hydrogens (tertiary/aromatic N) is 2. The maximum Gasteiger partial charge on any atom is 0.191 e. The number of nitrogens with one attached hydrogen (secondary N) is 2. The van der Waals surface area contributed by atoms with Crippen LogP contribution in [-0.2, 0) is 4.74 Å². The average molecular weight is 547 g/mol. The highest BCUT2D eigenvalue weighted by Crippen LogP contribution is 2.39. The zero-order valence-corrected chi connectivity index (χ0v) is 21.4. The molecule has 0 radical (unpaired) electrons. The van der Waals surface area contributed by atoms with E-state index in [1.54, 1.807) is 0 Å². The van der Waals surface area contributed by atoms with Crippen molar-refractivity contribution in [3.8, 4) is 5.75 Å². The maximum atomic E-state index is 6.18. The highest BCUT2D eigenvalue weighted by Gasteiger charge is 2.41. The highest BCUT2D eigenvalue weighted by molar-refractivity contribution is 14.0. The van der Waals surface area contributed by atoms with Crippen molar-refractivity contribution in [3.63, 3.8) is 0 Å². The lowest BCUT2D eigenvalue weighted by Gasteiger charge is -2.43. The van der Waals surface area contributed by atoms with E-state index in [1.807, 2.05) is 13.1 Å². The largest absolute Gasteiger partial charge is 0.487 e. The molecule has 1 aromatic rings. The van der Waals surface area contributed by atoms with Crippen molar-refractivity contribution in [2.45, 2.75) is 43.9 Å². The number of aliphatic imine (C=N–C) groups is 1. The summed E-state index contributed by atoms with van der Waals surface area (Å²) in [6.45, 7) is 8.94. The summed E-state index contributed by atoms with van der Waals surface area (Å²) in [5.74, 6) is 4.23. The molecular weight excluding hydrogens is 511 g/mol. The predicted octanol–water partition coefficient (Wildman–Crippen LogP) is 3.28. The molecule has 2 fully saturated rings. The van der Waals surface area contributed by atoms with E-state index in [4.69, 9.17) is 9.47 Å². The van der Waals surface area contributed by atoms with Gasteiger partial charge in [0.15, 0.2) is 5.96 Å². The first kappa shape index (κ1) is 23.9. The van der Waals surface area contributed by atoms with Crippen molar-refractivity contribution in [2.24, 2.45) is 4.99 Å². The molecule has 2 N–H and O–H groups in total. The SMILES string of the molecule is CN=C(NCC1(N2CCOCC2)CCSC1)NC1CC(C)(C)Oc2ccccc21.I. The van der Waals surface area contributed by atoms with Crippen molar-refractivity contribution in [3.05, 3.63) is 29.8 Å². The van der Waals surface area contributed by atoms with Crippen LogP contribution in [0.5, 0.6) is 5.75 Å². The number of hydrogen-bond donors (Lipinski definition) is 2. The third kappa shape index (κ3) is 5.37. The second-order valence-electron chi connectivity index (χ2n) is 8.85. The van der Waals surface area contributed by atoms with Gasteiger partial charge in [-0.15, -0.1) is 24.0 Å². The zero-order valence-electron chi connectivity index (χ0n) is 18.3. The molecule has 0 spiro atoms. The van der Waals surface area contributed by atoms with E-state index in [-0.39, 0.29) is 41.2 Å². The van der Waals surface area contributed by atoms with Crippen molar-refractivity contribution >= 4 is 41.7 Å². The Bertz CT molecular complexity index is 734. The van der Waals surface area contributed by atoms with Gasteiger partial charge >= 0.3 is 0 Å². The fraction of sp³-hybridized carbons (Fsp3) is 0.682. The molecule has 0 saturated carbocycles. The van der Waals surface area contributed by atoms with E-state index in [2.05, 4.69) is 64.3 Å². The molecule has 3 heterocycles. The van der Waals surface area contributed by atoms with Gasteiger partial charge in [0, 0.05) is 50.0 Å².